The molecule has 0 amide bonds. The normalized spacial score (nSPS) is 16.0. The van der Waals surface area contributed by atoms with Gasteiger partial charge in [-0.3, -0.25) is 14.4 Å². The summed E-state index contributed by atoms with van der Waals surface area (Å²) >= 11 is 0. The van der Waals surface area contributed by atoms with E-state index in [0.29, 0.717) is 25.7 Å². The van der Waals surface area contributed by atoms with Crippen LogP contribution in [0.15, 0.2) is 24.3 Å². The molecule has 0 radical (unpaired) electrons. The topological polar surface area (TPSA) is 267 Å². The molecule has 2 rings (SSSR count). The Balaban J connectivity index is -0.00000168. The van der Waals surface area contributed by atoms with Crippen LogP contribution in [0.5, 0.6) is 0 Å². The van der Waals surface area contributed by atoms with E-state index in [2.05, 4.69) is 169 Å². The van der Waals surface area contributed by atoms with Crippen LogP contribution in [-0.4, -0.2) is 181 Å². The van der Waals surface area contributed by atoms with Crippen LogP contribution in [0.2, 0.25) is 157 Å². The average Bonchev–Trinajstić information content (AvgIpc) is 1.61. The maximum absolute atomic E-state index is 13.3. The van der Waals surface area contributed by atoms with Gasteiger partial charge in [-0.2, -0.15) is 22.0 Å². The van der Waals surface area contributed by atoms with Gasteiger partial charge >= 0.3 is 142 Å². The number of rotatable bonds is 44. The Morgan fingerprint density at radius 2 is 0.889 bits per heavy atom. The molecule has 40 heteroatoms. The van der Waals surface area contributed by atoms with E-state index in [-0.39, 0.29) is 70.8 Å². The second kappa shape index (κ2) is 45.5. The molecule has 0 spiro atoms. The minimum Gasteiger partial charge on any atom is -0.743 e. The number of hydrogen-bond donors (Lipinski definition) is 0. The molecule has 0 aromatic heterocycles. The van der Waals surface area contributed by atoms with Gasteiger partial charge in [0.1, 0.15) is 12.7 Å². The number of esters is 4. The van der Waals surface area contributed by atoms with Crippen molar-refractivity contribution in [3.05, 3.63) is 35.4 Å². The molecule has 0 N–H and O–H groups in total. The zero-order valence-corrected chi connectivity index (χ0v) is 86.7. The number of epoxide rings is 1. The predicted octanol–water partition coefficient (Wildman–Crippen LogP) is 16.5. The largest absolute Gasteiger partial charge is 1.00 e. The van der Waals surface area contributed by atoms with Gasteiger partial charge in [0.05, 0.1) is 42.1 Å². The Hall–Kier alpha value is -0.394. The summed E-state index contributed by atoms with van der Waals surface area (Å²) in [5.41, 5.74) is -0.563. The third kappa shape index (κ3) is 47.7. The van der Waals surface area contributed by atoms with Crippen molar-refractivity contribution in [2.45, 2.75) is 327 Å². The molecule has 22 nitrogen and oxygen atoms in total. The first-order valence-electron chi connectivity index (χ1n) is 37.5. The van der Waals surface area contributed by atoms with Crippen LogP contribution >= 0.6 is 0 Å². The van der Waals surface area contributed by atoms with E-state index in [1.807, 2.05) is 69.2 Å². The number of carbonyl (C=O) groups is 4. The van der Waals surface area contributed by atoms with Crippen LogP contribution in [-0.2, 0) is 89.3 Å². The summed E-state index contributed by atoms with van der Waals surface area (Å²) in [6.07, 6.45) is -1.54. The van der Waals surface area contributed by atoms with Gasteiger partial charge in [0.15, 0.2) is 26.8 Å². The minimum atomic E-state index is -6.71. The van der Waals surface area contributed by atoms with Crippen molar-refractivity contribution < 1.29 is 148 Å². The Bertz CT molecular complexity index is 2980. The van der Waals surface area contributed by atoms with Gasteiger partial charge in [-0.25, -0.2) is 13.2 Å². The summed E-state index contributed by atoms with van der Waals surface area (Å²) in [5, 5.41) is -5.86. The summed E-state index contributed by atoms with van der Waals surface area (Å²) in [7, 11) is -34.3. The van der Waals surface area contributed by atoms with Gasteiger partial charge in [-0.15, -0.1) is 0 Å². The molecule has 1 aliphatic heterocycles. The van der Waals surface area contributed by atoms with Crippen molar-refractivity contribution in [3.8, 4) is 0 Å². The van der Waals surface area contributed by atoms with E-state index < -0.39 is 138 Å². The fourth-order valence-corrected chi connectivity index (χ4v) is 67.1. The number of hydrogen-bond acceptors (Lipinski definition) is 22. The van der Waals surface area contributed by atoms with Gasteiger partial charge in [0.2, 0.25) is 0 Å². The monoisotopic (exact) mass is 1770 g/mol. The van der Waals surface area contributed by atoms with Gasteiger partial charge in [0, 0.05) is 0 Å². The number of benzene rings is 1. The second-order valence-electron chi connectivity index (χ2n) is 34.4. The minimum absolute atomic E-state index is 0. The maximum Gasteiger partial charge on any atom is 1.00 e. The Labute approximate surface area is 682 Å². The van der Waals surface area contributed by atoms with Gasteiger partial charge < -0.3 is 69.4 Å². The Morgan fingerprint density at radius 1 is 0.528 bits per heavy atom. The molecular formula is C68H142F5NaO22SSi11. The smallest absolute Gasteiger partial charge is 0.743 e. The second-order valence-corrected chi connectivity index (χ2v) is 77.4. The first-order chi connectivity index (χ1) is 47.7. The van der Waals surface area contributed by atoms with Crippen molar-refractivity contribution in [1.29, 1.82) is 0 Å². The molecule has 632 valence electrons. The van der Waals surface area contributed by atoms with Gasteiger partial charge in [0.25, 0.3) is 6.10 Å². The third-order valence-electron chi connectivity index (χ3n) is 16.3. The van der Waals surface area contributed by atoms with Gasteiger partial charge in [-0.1, -0.05) is 86.8 Å². The van der Waals surface area contributed by atoms with E-state index in [0.717, 1.165) is 68.9 Å². The zero-order chi connectivity index (χ0) is 84.7. The first kappa shape index (κ1) is 112. The number of ether oxygens (including phenoxy) is 5. The van der Waals surface area contributed by atoms with Crippen molar-refractivity contribution in [2.24, 2.45) is 22.7 Å². The predicted molar refractivity (Wildman–Crippen MR) is 437 cm³/mol. The van der Waals surface area contributed by atoms with E-state index in [1.54, 1.807) is 0 Å². The summed E-state index contributed by atoms with van der Waals surface area (Å²) in [5.74, 6) is -1.45. The molecule has 5 unspecified atom stereocenters. The van der Waals surface area contributed by atoms with Gasteiger partial charge in [-0.05, 0) is 252 Å². The summed E-state index contributed by atoms with van der Waals surface area (Å²) < 4.78 is 188. The Kier molecular flexibility index (Phi) is 47.1. The maximum atomic E-state index is 13.3. The molecule has 1 fully saturated rings. The van der Waals surface area contributed by atoms with E-state index in [4.69, 9.17) is 60.1 Å². The van der Waals surface area contributed by atoms with Crippen LogP contribution in [0.3, 0.4) is 0 Å². The zero-order valence-electron chi connectivity index (χ0n) is 72.9. The standard InChI is InChI=1S/C32H86O12Si11.C14H15F5O5S.C13H26O2.C9H16O3.Na/c1-27-32(2,3)31(33)34-29-28-30-46(7,8)36-48(11,12)38-50(15,16)40-52(19,20)42-54(23,24)44-55(25,26)43-53(21,22)41-51(17,18)39-49(13,14)37-47(9,10)35-45(4,5)6;1-3-8(2)9-4-6-10(7-5-9)11(20)24-12(13(15,16)17)14(18,19)25(21,22)23;1-5-8-9-12(7-3)10-15-13(14)11(4)6-2;1-4-9(2,3)8(10)12-6-7-5-11-7;/h27-30H2,1-26H3;4-8,12H,3H2,1-2H3,(H,21,22,23);11-12H,5-10H2,1-4H3;7H,4-6H2,1-3H3;/q;;;;+1/p-1. The summed E-state index contributed by atoms with van der Waals surface area (Å²) in [6.45, 7) is 74.1. The van der Waals surface area contributed by atoms with E-state index in [1.165, 1.54) is 31.4 Å². The van der Waals surface area contributed by atoms with Crippen LogP contribution in [0.1, 0.15) is 163 Å². The van der Waals surface area contributed by atoms with Crippen molar-refractivity contribution in [1.82, 2.24) is 0 Å². The van der Waals surface area contributed by atoms with Crippen molar-refractivity contribution in [2.75, 3.05) is 26.4 Å². The molecule has 0 aliphatic carbocycles. The first-order valence-corrected chi connectivity index (χ1v) is 70.8. The molecule has 0 saturated carbocycles. The fraction of sp³-hybridized carbons (Fsp3) is 0.853. The number of carbonyl (C=O) groups excluding carboxylic acids is 4. The van der Waals surface area contributed by atoms with E-state index >= 15 is 0 Å². The number of unbranched alkanes of at least 4 members (excludes halogenated alkanes) is 1. The molecule has 0 bridgehead atoms. The third-order valence-corrected chi connectivity index (χ3v) is 58.8. The van der Waals surface area contributed by atoms with Crippen LogP contribution in [0, 0.1) is 22.7 Å². The summed E-state index contributed by atoms with van der Waals surface area (Å²) in [6, 6.07) is 5.78. The molecule has 1 aromatic carbocycles. The molecular weight excluding hydrogens is 1630 g/mol. The summed E-state index contributed by atoms with van der Waals surface area (Å²) in [4.78, 5) is 46.9. The SMILES string of the molecule is CCC(C)(C)C(=O)OCC1CO1.CCC(C)(C)C(=O)OCCC[Si](C)(C)O[Si](C)(C)O[Si](C)(C)O[Si](C)(C)O[Si](C)(C)O[Si](C)(C)O[Si](C)(C)O[Si](C)(C)O[Si](C)(C)O[Si](C)(C)O[Si](C)(C)C.CCC(C)c1ccc(C(=O)OC(C(F)(F)F)C(F)(F)S(=O)(=O)[O-])cc1.CCCCC(CC)COC(=O)C(C)CC.[Na+]. The van der Waals surface area contributed by atoms with Crippen LogP contribution in [0.25, 0.3) is 0 Å². The molecule has 1 aliphatic rings. The molecule has 1 heterocycles. The fourth-order valence-electron chi connectivity index (χ4n) is 11.3. The molecule has 5 atom stereocenters. The molecule has 1 aromatic rings. The van der Waals surface area contributed by atoms with E-state index in [9.17, 15) is 54.1 Å². The molecule has 108 heavy (non-hydrogen) atoms. The van der Waals surface area contributed by atoms with Crippen molar-refractivity contribution in [3.63, 3.8) is 0 Å². The quantitative estimate of drug-likeness (QED) is 0.0112. The average molecular weight is 1770 g/mol. The number of alkyl halides is 5. The van der Waals surface area contributed by atoms with Crippen molar-refractivity contribution >= 4 is 128 Å². The Morgan fingerprint density at radius 3 is 1.19 bits per heavy atom. The number of halogens is 5. The van der Waals surface area contributed by atoms with Crippen LogP contribution < -0.4 is 29.6 Å². The van der Waals surface area contributed by atoms with Crippen LogP contribution in [0.4, 0.5) is 22.0 Å². The molecule has 1 saturated heterocycles.